The molecule has 0 radical (unpaired) electrons. The maximum absolute atomic E-state index is 13.0. The van der Waals surface area contributed by atoms with Crippen molar-refractivity contribution < 1.29 is 14.3 Å². The van der Waals surface area contributed by atoms with E-state index in [2.05, 4.69) is 6.92 Å². The number of amides is 2. The summed E-state index contributed by atoms with van der Waals surface area (Å²) < 4.78 is 5.97. The highest BCUT2D eigenvalue weighted by Gasteiger charge is 2.35. The molecule has 0 aliphatic carbocycles. The number of imide groups is 1. The van der Waals surface area contributed by atoms with Gasteiger partial charge in [0.2, 0.25) is 0 Å². The van der Waals surface area contributed by atoms with Crippen molar-refractivity contribution in [3.63, 3.8) is 0 Å². The number of benzene rings is 3. The summed E-state index contributed by atoms with van der Waals surface area (Å²) in [5, 5.41) is 1.89. The third kappa shape index (κ3) is 4.12. The number of ether oxygens (including phenoxy) is 1. The summed E-state index contributed by atoms with van der Waals surface area (Å²) >= 11 is 0.978. The van der Waals surface area contributed by atoms with Crippen LogP contribution in [0.4, 0.5) is 4.79 Å². The van der Waals surface area contributed by atoms with Gasteiger partial charge in [-0.25, -0.2) is 0 Å². The molecule has 1 heterocycles. The molecule has 152 valence electrons. The Morgan fingerprint density at radius 2 is 1.73 bits per heavy atom. The summed E-state index contributed by atoms with van der Waals surface area (Å²) in [6.07, 6.45) is 2.71. The first kappa shape index (κ1) is 20.2. The lowest BCUT2D eigenvalue weighted by Crippen LogP contribution is -2.27. The van der Waals surface area contributed by atoms with Crippen LogP contribution in [0.1, 0.15) is 31.4 Å². The van der Waals surface area contributed by atoms with E-state index in [-0.39, 0.29) is 23.8 Å². The molecule has 0 saturated carbocycles. The van der Waals surface area contributed by atoms with E-state index in [0.29, 0.717) is 10.7 Å². The van der Waals surface area contributed by atoms with Crippen molar-refractivity contribution in [3.8, 4) is 5.75 Å². The van der Waals surface area contributed by atoms with Gasteiger partial charge >= 0.3 is 0 Å². The minimum absolute atomic E-state index is 0.0703. The first-order valence-corrected chi connectivity index (χ1v) is 10.9. The van der Waals surface area contributed by atoms with Gasteiger partial charge < -0.3 is 4.74 Å². The number of fused-ring (bicyclic) bond motifs is 1. The SMILES string of the molecule is CCC(C)Oc1ccccc1/C=C1\SC(=O)N(Cc2cccc3ccccc23)C1=O. The minimum atomic E-state index is -0.267. The number of carbonyl (C=O) groups is 2. The molecule has 0 aromatic heterocycles. The Morgan fingerprint density at radius 1 is 1.00 bits per heavy atom. The lowest BCUT2D eigenvalue weighted by atomic mass is 10.0. The number of thioether (sulfide) groups is 1. The fraction of sp³-hybridized carbons (Fsp3) is 0.200. The van der Waals surface area contributed by atoms with Crippen LogP contribution >= 0.6 is 11.8 Å². The zero-order valence-corrected chi connectivity index (χ0v) is 17.8. The summed E-state index contributed by atoms with van der Waals surface area (Å²) in [4.78, 5) is 27.4. The minimum Gasteiger partial charge on any atom is -0.490 e. The van der Waals surface area contributed by atoms with Gasteiger partial charge in [-0.2, -0.15) is 0 Å². The maximum atomic E-state index is 13.0. The van der Waals surface area contributed by atoms with E-state index in [1.807, 2.05) is 73.7 Å². The number of nitrogens with zero attached hydrogens (tertiary/aromatic N) is 1. The Labute approximate surface area is 180 Å². The number of hydrogen-bond acceptors (Lipinski definition) is 4. The van der Waals surface area contributed by atoms with E-state index < -0.39 is 0 Å². The van der Waals surface area contributed by atoms with Gasteiger partial charge in [-0.05, 0) is 53.6 Å². The van der Waals surface area contributed by atoms with Gasteiger partial charge in [0.15, 0.2) is 0 Å². The zero-order valence-electron chi connectivity index (χ0n) is 17.0. The Bertz CT molecular complexity index is 1130. The third-order valence-electron chi connectivity index (χ3n) is 5.19. The highest BCUT2D eigenvalue weighted by atomic mass is 32.2. The summed E-state index contributed by atoms with van der Waals surface area (Å²) in [6.45, 7) is 4.33. The molecular formula is C25H23NO3S. The average molecular weight is 418 g/mol. The monoisotopic (exact) mass is 417 g/mol. The molecule has 5 heteroatoms. The fourth-order valence-electron chi connectivity index (χ4n) is 3.39. The van der Waals surface area contributed by atoms with Crippen LogP contribution in [0.15, 0.2) is 71.6 Å². The molecule has 0 spiro atoms. The van der Waals surface area contributed by atoms with E-state index in [1.54, 1.807) is 6.08 Å². The van der Waals surface area contributed by atoms with E-state index in [9.17, 15) is 9.59 Å². The van der Waals surface area contributed by atoms with Crippen LogP contribution in [0.2, 0.25) is 0 Å². The lowest BCUT2D eigenvalue weighted by Gasteiger charge is -2.15. The number of para-hydroxylation sites is 1. The second-order valence-corrected chi connectivity index (χ2v) is 8.27. The molecule has 2 amide bonds. The normalized spacial score (nSPS) is 16.5. The van der Waals surface area contributed by atoms with Gasteiger partial charge in [-0.15, -0.1) is 0 Å². The molecule has 0 N–H and O–H groups in total. The van der Waals surface area contributed by atoms with Crippen LogP contribution < -0.4 is 4.74 Å². The molecule has 4 nitrogen and oxygen atoms in total. The first-order valence-electron chi connectivity index (χ1n) is 10.0. The molecule has 1 saturated heterocycles. The maximum Gasteiger partial charge on any atom is 0.293 e. The van der Waals surface area contributed by atoms with Gasteiger partial charge in [0.25, 0.3) is 11.1 Å². The van der Waals surface area contributed by atoms with Crippen LogP contribution in [0.5, 0.6) is 5.75 Å². The third-order valence-corrected chi connectivity index (χ3v) is 6.10. The quantitative estimate of drug-likeness (QED) is 0.445. The van der Waals surface area contributed by atoms with Gasteiger partial charge in [0.05, 0.1) is 17.6 Å². The highest BCUT2D eigenvalue weighted by Crippen LogP contribution is 2.35. The van der Waals surface area contributed by atoms with Crippen molar-refractivity contribution in [2.45, 2.75) is 32.9 Å². The van der Waals surface area contributed by atoms with Crippen LogP contribution in [0.25, 0.3) is 16.8 Å². The average Bonchev–Trinajstić information content (AvgIpc) is 3.02. The molecule has 1 aliphatic heterocycles. The van der Waals surface area contributed by atoms with Crippen molar-refractivity contribution in [1.29, 1.82) is 0 Å². The van der Waals surface area contributed by atoms with Crippen molar-refractivity contribution in [3.05, 3.63) is 82.8 Å². The molecule has 1 unspecified atom stereocenters. The second kappa shape index (κ2) is 8.76. The Kier molecular flexibility index (Phi) is 5.91. The number of carbonyl (C=O) groups excluding carboxylic acids is 2. The number of rotatable bonds is 6. The van der Waals surface area contributed by atoms with E-state index in [1.165, 1.54) is 4.90 Å². The van der Waals surface area contributed by atoms with Crippen molar-refractivity contribution in [2.24, 2.45) is 0 Å². The second-order valence-electron chi connectivity index (χ2n) is 7.28. The van der Waals surface area contributed by atoms with E-state index in [4.69, 9.17) is 4.74 Å². The number of hydrogen-bond donors (Lipinski definition) is 0. The Hall–Kier alpha value is -3.05. The van der Waals surface area contributed by atoms with Crippen molar-refractivity contribution >= 4 is 39.8 Å². The molecule has 1 atom stereocenters. The molecule has 1 aliphatic rings. The standard InChI is InChI=1S/C25H23NO3S/c1-3-17(2)29-22-14-7-5-10-19(22)15-23-24(27)26(25(28)30-23)16-20-12-8-11-18-9-4-6-13-21(18)20/h4-15,17H,3,16H2,1-2H3/b23-15-. The summed E-state index contributed by atoms with van der Waals surface area (Å²) in [5.74, 6) is 0.448. The molecule has 1 fully saturated rings. The summed E-state index contributed by atoms with van der Waals surface area (Å²) in [7, 11) is 0. The molecule has 3 aromatic carbocycles. The Morgan fingerprint density at radius 3 is 2.57 bits per heavy atom. The first-order chi connectivity index (χ1) is 14.6. The summed E-state index contributed by atoms with van der Waals surface area (Å²) in [6, 6.07) is 21.5. The van der Waals surface area contributed by atoms with Crippen LogP contribution in [0, 0.1) is 0 Å². The van der Waals surface area contributed by atoms with E-state index >= 15 is 0 Å². The van der Waals surface area contributed by atoms with Crippen molar-refractivity contribution in [2.75, 3.05) is 0 Å². The predicted molar refractivity (Wildman–Crippen MR) is 122 cm³/mol. The molecule has 4 rings (SSSR count). The van der Waals surface area contributed by atoms with Gasteiger partial charge in [0.1, 0.15) is 5.75 Å². The Balaban J connectivity index is 1.61. The fourth-order valence-corrected chi connectivity index (χ4v) is 4.21. The van der Waals surface area contributed by atoms with Crippen molar-refractivity contribution in [1.82, 2.24) is 4.90 Å². The largest absolute Gasteiger partial charge is 0.490 e. The highest BCUT2D eigenvalue weighted by molar-refractivity contribution is 8.18. The van der Waals surface area contributed by atoms with Gasteiger partial charge in [-0.3, -0.25) is 14.5 Å². The lowest BCUT2D eigenvalue weighted by molar-refractivity contribution is -0.123. The van der Waals surface area contributed by atoms with Gasteiger partial charge in [0, 0.05) is 5.56 Å². The summed E-state index contributed by atoms with van der Waals surface area (Å²) in [5.41, 5.74) is 1.76. The molecule has 0 bridgehead atoms. The molecule has 3 aromatic rings. The van der Waals surface area contributed by atoms with Crippen LogP contribution in [-0.4, -0.2) is 22.2 Å². The zero-order chi connectivity index (χ0) is 21.1. The van der Waals surface area contributed by atoms with Crippen LogP contribution in [0.3, 0.4) is 0 Å². The topological polar surface area (TPSA) is 46.6 Å². The predicted octanol–water partition coefficient (Wildman–Crippen LogP) is 6.25. The van der Waals surface area contributed by atoms with Gasteiger partial charge in [-0.1, -0.05) is 67.6 Å². The molecular weight excluding hydrogens is 394 g/mol. The smallest absolute Gasteiger partial charge is 0.293 e. The van der Waals surface area contributed by atoms with E-state index in [0.717, 1.165) is 40.1 Å². The van der Waals surface area contributed by atoms with Crippen LogP contribution in [-0.2, 0) is 11.3 Å². The molecule has 30 heavy (non-hydrogen) atoms.